The fraction of sp³-hybridized carbons (Fsp3) is 0.520. The summed E-state index contributed by atoms with van der Waals surface area (Å²) in [5.74, 6) is 0.987. The highest BCUT2D eigenvalue weighted by Gasteiger charge is 2.39. The van der Waals surface area contributed by atoms with Gasteiger partial charge in [-0.1, -0.05) is 30.3 Å². The summed E-state index contributed by atoms with van der Waals surface area (Å²) in [4.78, 5) is 5.08. The maximum Gasteiger partial charge on any atom is 0.140 e. The number of likely N-dealkylation sites (tertiary alicyclic amines) is 1. The molecule has 2 aliphatic heterocycles. The summed E-state index contributed by atoms with van der Waals surface area (Å²) in [5.41, 5.74) is 10.4. The van der Waals surface area contributed by atoms with E-state index in [4.69, 9.17) is 10.5 Å². The van der Waals surface area contributed by atoms with E-state index < -0.39 is 0 Å². The number of fused-ring (bicyclic) bond motifs is 1. The van der Waals surface area contributed by atoms with Gasteiger partial charge in [0.05, 0.1) is 6.04 Å². The van der Waals surface area contributed by atoms with Crippen molar-refractivity contribution < 1.29 is 4.74 Å². The maximum absolute atomic E-state index is 6.73. The molecule has 0 radical (unpaired) electrons. The summed E-state index contributed by atoms with van der Waals surface area (Å²) in [6, 6.07) is 18.2. The third kappa shape index (κ3) is 4.01. The molecule has 5 rings (SSSR count). The van der Waals surface area contributed by atoms with Gasteiger partial charge in [-0.25, -0.2) is 0 Å². The van der Waals surface area contributed by atoms with E-state index in [0.717, 1.165) is 44.8 Å². The van der Waals surface area contributed by atoms with Crippen LogP contribution in [-0.2, 0) is 6.42 Å². The average Bonchev–Trinajstić information content (AvgIpc) is 3.13. The number of nitrogens with two attached hydrogens (primary N) is 1. The van der Waals surface area contributed by atoms with Gasteiger partial charge in [-0.05, 0) is 68.3 Å². The Morgan fingerprint density at radius 1 is 0.897 bits per heavy atom. The molecule has 1 aliphatic carbocycles. The van der Waals surface area contributed by atoms with Crippen molar-refractivity contribution in [1.29, 1.82) is 0 Å². The van der Waals surface area contributed by atoms with Crippen LogP contribution < -0.4 is 15.4 Å². The van der Waals surface area contributed by atoms with E-state index in [1.165, 1.54) is 42.5 Å². The molecule has 2 aromatic carbocycles. The lowest BCUT2D eigenvalue weighted by Crippen LogP contribution is -2.49. The zero-order chi connectivity index (χ0) is 19.6. The number of hydrogen-bond donors (Lipinski definition) is 1. The Morgan fingerprint density at radius 3 is 2.62 bits per heavy atom. The second kappa shape index (κ2) is 8.37. The van der Waals surface area contributed by atoms with Crippen LogP contribution in [0.15, 0.2) is 48.5 Å². The third-order valence-corrected chi connectivity index (χ3v) is 6.90. The number of anilines is 1. The normalized spacial score (nSPS) is 27.6. The topological polar surface area (TPSA) is 41.7 Å². The van der Waals surface area contributed by atoms with E-state index in [-0.39, 0.29) is 12.1 Å². The van der Waals surface area contributed by atoms with Crippen molar-refractivity contribution in [3.63, 3.8) is 0 Å². The third-order valence-electron chi connectivity index (χ3n) is 6.90. The van der Waals surface area contributed by atoms with Crippen LogP contribution in [0.4, 0.5) is 5.69 Å². The molecule has 0 saturated carbocycles. The lowest BCUT2D eigenvalue weighted by Gasteiger charge is -2.38. The van der Waals surface area contributed by atoms with Crippen molar-refractivity contribution in [3.05, 3.63) is 59.7 Å². The second-order valence-corrected chi connectivity index (χ2v) is 8.95. The van der Waals surface area contributed by atoms with Gasteiger partial charge < -0.3 is 15.4 Å². The van der Waals surface area contributed by atoms with Gasteiger partial charge in [0, 0.05) is 37.4 Å². The molecular weight excluding hydrogens is 358 g/mol. The van der Waals surface area contributed by atoms with Gasteiger partial charge in [0.25, 0.3) is 0 Å². The number of benzene rings is 2. The Labute approximate surface area is 174 Å². The van der Waals surface area contributed by atoms with E-state index in [1.54, 1.807) is 0 Å². The Balaban J connectivity index is 1.40. The summed E-state index contributed by atoms with van der Waals surface area (Å²) in [6.07, 6.45) is 7.39. The largest absolute Gasteiger partial charge is 0.484 e. The lowest BCUT2D eigenvalue weighted by molar-refractivity contribution is 0.0593. The standard InChI is InChI=1S/C25H33N3O/c26-20-9-7-15-28(18-20)24-16-19-8-2-3-12-23(19)25(24)29-22-11-6-10-21(17-22)27-13-4-1-5-14-27/h2-3,6,8,10-12,17,20,24-25H,1,4-5,7,9,13-16,18,26H2/t20-,24?,25?/m1/s1. The molecule has 2 N–H and O–H groups in total. The molecular formula is C25H33N3O. The minimum Gasteiger partial charge on any atom is -0.484 e. The molecule has 3 aliphatic rings. The summed E-state index contributed by atoms with van der Waals surface area (Å²) in [5, 5.41) is 0. The first-order valence-electron chi connectivity index (χ1n) is 11.4. The first-order valence-corrected chi connectivity index (χ1v) is 11.4. The Kier molecular flexibility index (Phi) is 5.47. The molecule has 29 heavy (non-hydrogen) atoms. The van der Waals surface area contributed by atoms with E-state index in [9.17, 15) is 0 Å². The van der Waals surface area contributed by atoms with Gasteiger partial charge >= 0.3 is 0 Å². The molecule has 2 heterocycles. The van der Waals surface area contributed by atoms with E-state index in [0.29, 0.717) is 6.04 Å². The smallest absolute Gasteiger partial charge is 0.140 e. The van der Waals surface area contributed by atoms with E-state index >= 15 is 0 Å². The van der Waals surface area contributed by atoms with Crippen molar-refractivity contribution in [2.75, 3.05) is 31.1 Å². The Bertz CT molecular complexity index is 832. The predicted molar refractivity (Wildman–Crippen MR) is 119 cm³/mol. The fourth-order valence-electron chi connectivity index (χ4n) is 5.39. The quantitative estimate of drug-likeness (QED) is 0.850. The molecule has 154 valence electrons. The molecule has 4 nitrogen and oxygen atoms in total. The van der Waals surface area contributed by atoms with Crippen LogP contribution in [0.5, 0.6) is 5.75 Å². The number of piperidine rings is 2. The van der Waals surface area contributed by atoms with Gasteiger partial charge in [-0.15, -0.1) is 0 Å². The van der Waals surface area contributed by atoms with Crippen LogP contribution >= 0.6 is 0 Å². The molecule has 3 atom stereocenters. The van der Waals surface area contributed by atoms with Gasteiger partial charge in [-0.3, -0.25) is 4.90 Å². The van der Waals surface area contributed by atoms with Crippen LogP contribution in [-0.4, -0.2) is 43.2 Å². The summed E-state index contributed by atoms with van der Waals surface area (Å²) in [7, 11) is 0. The van der Waals surface area contributed by atoms with Crippen molar-refractivity contribution in [2.24, 2.45) is 5.73 Å². The van der Waals surface area contributed by atoms with Crippen molar-refractivity contribution in [3.8, 4) is 5.75 Å². The number of ether oxygens (including phenoxy) is 1. The zero-order valence-corrected chi connectivity index (χ0v) is 17.3. The van der Waals surface area contributed by atoms with E-state index in [2.05, 4.69) is 58.3 Å². The Morgan fingerprint density at radius 2 is 1.76 bits per heavy atom. The molecule has 2 fully saturated rings. The SMILES string of the molecule is N[C@@H]1CCCN(C2Cc3ccccc3C2Oc2cccc(N3CCCCC3)c2)C1. The number of nitrogens with zero attached hydrogens (tertiary/aromatic N) is 2. The average molecular weight is 392 g/mol. The molecule has 2 aromatic rings. The van der Waals surface area contributed by atoms with Crippen LogP contribution in [0.25, 0.3) is 0 Å². The fourth-order valence-corrected chi connectivity index (χ4v) is 5.39. The first-order chi connectivity index (χ1) is 14.3. The van der Waals surface area contributed by atoms with Gasteiger partial charge in [0.15, 0.2) is 0 Å². The number of rotatable bonds is 4. The summed E-state index contributed by atoms with van der Waals surface area (Å²) < 4.78 is 6.73. The lowest BCUT2D eigenvalue weighted by atomic mass is 10.0. The van der Waals surface area contributed by atoms with Crippen molar-refractivity contribution in [1.82, 2.24) is 4.90 Å². The van der Waals surface area contributed by atoms with Crippen LogP contribution in [0.2, 0.25) is 0 Å². The highest BCUT2D eigenvalue weighted by molar-refractivity contribution is 5.51. The monoisotopic (exact) mass is 391 g/mol. The molecule has 0 amide bonds. The molecule has 0 bridgehead atoms. The Hall–Kier alpha value is -2.04. The highest BCUT2D eigenvalue weighted by atomic mass is 16.5. The summed E-state index contributed by atoms with van der Waals surface area (Å²) in [6.45, 7) is 4.42. The van der Waals surface area contributed by atoms with Gasteiger partial charge in [0.2, 0.25) is 0 Å². The first kappa shape index (κ1) is 19.0. The van der Waals surface area contributed by atoms with Crippen LogP contribution in [0, 0.1) is 0 Å². The molecule has 2 unspecified atom stereocenters. The molecule has 0 spiro atoms. The minimum absolute atomic E-state index is 0.0769. The molecule has 2 saturated heterocycles. The van der Waals surface area contributed by atoms with Crippen molar-refractivity contribution in [2.45, 2.75) is 56.7 Å². The zero-order valence-electron chi connectivity index (χ0n) is 17.3. The molecule has 0 aromatic heterocycles. The number of hydrogen-bond acceptors (Lipinski definition) is 4. The summed E-state index contributed by atoms with van der Waals surface area (Å²) >= 11 is 0. The second-order valence-electron chi connectivity index (χ2n) is 8.95. The highest BCUT2D eigenvalue weighted by Crippen LogP contribution is 2.39. The van der Waals surface area contributed by atoms with Crippen LogP contribution in [0.1, 0.15) is 49.3 Å². The van der Waals surface area contributed by atoms with Crippen LogP contribution in [0.3, 0.4) is 0 Å². The maximum atomic E-state index is 6.73. The molecule has 4 heteroatoms. The predicted octanol–water partition coefficient (Wildman–Crippen LogP) is 4.14. The van der Waals surface area contributed by atoms with Gasteiger partial charge in [0.1, 0.15) is 11.9 Å². The minimum atomic E-state index is 0.0769. The van der Waals surface area contributed by atoms with Gasteiger partial charge in [-0.2, -0.15) is 0 Å². The van der Waals surface area contributed by atoms with Crippen molar-refractivity contribution >= 4 is 5.69 Å². The van der Waals surface area contributed by atoms with E-state index in [1.807, 2.05) is 0 Å².